The number of hydrogen-bond donors (Lipinski definition) is 1. The molecule has 3 rings (SSSR count). The maximum absolute atomic E-state index is 11.6. The van der Waals surface area contributed by atoms with Gasteiger partial charge in [0.1, 0.15) is 11.4 Å². The highest BCUT2D eigenvalue weighted by Crippen LogP contribution is 2.29. The number of fused-ring (bicyclic) bond motifs is 1. The number of aromatic nitrogens is 1. The van der Waals surface area contributed by atoms with E-state index in [0.717, 1.165) is 56.5 Å². The van der Waals surface area contributed by atoms with E-state index in [9.17, 15) is 9.90 Å². The van der Waals surface area contributed by atoms with Crippen molar-refractivity contribution in [3.8, 4) is 0 Å². The molecule has 114 valence electrons. The van der Waals surface area contributed by atoms with E-state index in [1.807, 2.05) is 6.07 Å². The average Bonchev–Trinajstić information content (AvgIpc) is 2.95. The van der Waals surface area contributed by atoms with Crippen molar-refractivity contribution in [2.45, 2.75) is 38.1 Å². The second-order valence-electron chi connectivity index (χ2n) is 6.33. The minimum absolute atomic E-state index is 0.370. The summed E-state index contributed by atoms with van der Waals surface area (Å²) in [5, 5.41) is 9.53. The van der Waals surface area contributed by atoms with E-state index < -0.39 is 5.97 Å². The van der Waals surface area contributed by atoms with Crippen LogP contribution in [0.5, 0.6) is 0 Å². The quantitative estimate of drug-likeness (QED) is 0.919. The number of carbonyl (C=O) groups is 1. The van der Waals surface area contributed by atoms with Gasteiger partial charge in [-0.1, -0.05) is 0 Å². The minimum Gasteiger partial charge on any atom is -0.478 e. The summed E-state index contributed by atoms with van der Waals surface area (Å²) in [6, 6.07) is 2.34. The first-order valence-corrected chi connectivity index (χ1v) is 7.73. The summed E-state index contributed by atoms with van der Waals surface area (Å²) in [5.74, 6) is -0.188. The maximum Gasteiger partial charge on any atom is 0.339 e. The standard InChI is InChI=1S/C16H23N3O2/c1-18(2)12-7-8-19(10-12)15-13(16(20)21)9-11-5-3-4-6-14(11)17-15/h9,12H,3-8,10H2,1-2H3,(H,20,21). The summed E-state index contributed by atoms with van der Waals surface area (Å²) in [6.07, 6.45) is 5.30. The molecule has 2 heterocycles. The van der Waals surface area contributed by atoms with E-state index in [1.165, 1.54) is 0 Å². The molecule has 5 nitrogen and oxygen atoms in total. The van der Waals surface area contributed by atoms with Crippen LogP contribution in [0.4, 0.5) is 5.82 Å². The Morgan fingerprint density at radius 3 is 2.81 bits per heavy atom. The molecule has 1 atom stereocenters. The van der Waals surface area contributed by atoms with E-state index in [1.54, 1.807) is 0 Å². The molecule has 0 radical (unpaired) electrons. The molecule has 0 aromatic carbocycles. The van der Waals surface area contributed by atoms with Gasteiger partial charge in [-0.25, -0.2) is 9.78 Å². The maximum atomic E-state index is 11.6. The Kier molecular flexibility index (Phi) is 3.85. The van der Waals surface area contributed by atoms with Gasteiger partial charge in [-0.05, 0) is 57.8 Å². The number of pyridine rings is 1. The number of nitrogens with zero attached hydrogens (tertiary/aromatic N) is 3. The molecule has 1 aliphatic carbocycles. The fraction of sp³-hybridized carbons (Fsp3) is 0.625. The summed E-state index contributed by atoms with van der Waals surface area (Å²) in [4.78, 5) is 20.7. The van der Waals surface area contributed by atoms with Crippen molar-refractivity contribution in [1.29, 1.82) is 0 Å². The summed E-state index contributed by atoms with van der Waals surface area (Å²) in [7, 11) is 4.15. The lowest BCUT2D eigenvalue weighted by molar-refractivity contribution is 0.0697. The number of likely N-dealkylation sites (N-methyl/N-ethyl adjacent to an activating group) is 1. The topological polar surface area (TPSA) is 56.7 Å². The molecule has 1 aliphatic heterocycles. The molecule has 0 bridgehead atoms. The average molecular weight is 289 g/mol. The van der Waals surface area contributed by atoms with Crippen molar-refractivity contribution >= 4 is 11.8 Å². The highest BCUT2D eigenvalue weighted by Gasteiger charge is 2.29. The molecule has 21 heavy (non-hydrogen) atoms. The molecular weight excluding hydrogens is 266 g/mol. The first kappa shape index (κ1) is 14.3. The second kappa shape index (κ2) is 5.64. The fourth-order valence-electron chi connectivity index (χ4n) is 3.38. The first-order chi connectivity index (χ1) is 10.1. The largest absolute Gasteiger partial charge is 0.478 e. The summed E-state index contributed by atoms with van der Waals surface area (Å²) < 4.78 is 0. The summed E-state index contributed by atoms with van der Waals surface area (Å²) >= 11 is 0. The Balaban J connectivity index is 1.95. The van der Waals surface area contributed by atoms with Crippen molar-refractivity contribution in [1.82, 2.24) is 9.88 Å². The molecule has 1 unspecified atom stereocenters. The predicted molar refractivity (Wildman–Crippen MR) is 82.1 cm³/mol. The van der Waals surface area contributed by atoms with Gasteiger partial charge in [0.15, 0.2) is 0 Å². The van der Waals surface area contributed by atoms with Crippen molar-refractivity contribution < 1.29 is 9.90 Å². The zero-order valence-corrected chi connectivity index (χ0v) is 12.8. The van der Waals surface area contributed by atoms with Gasteiger partial charge in [-0.15, -0.1) is 0 Å². The third-order valence-corrected chi connectivity index (χ3v) is 4.70. The van der Waals surface area contributed by atoms with Crippen molar-refractivity contribution in [2.24, 2.45) is 0 Å². The van der Waals surface area contributed by atoms with Crippen molar-refractivity contribution in [3.05, 3.63) is 22.9 Å². The zero-order chi connectivity index (χ0) is 15.0. The molecule has 0 spiro atoms. The SMILES string of the molecule is CN(C)C1CCN(c2nc3c(cc2C(=O)O)CCCC3)C1. The van der Waals surface area contributed by atoms with Gasteiger partial charge < -0.3 is 14.9 Å². The third kappa shape index (κ3) is 2.75. The predicted octanol–water partition coefficient (Wildman–Crippen LogP) is 1.80. The van der Waals surface area contributed by atoms with Crippen molar-refractivity contribution in [2.75, 3.05) is 32.1 Å². The summed E-state index contributed by atoms with van der Waals surface area (Å²) in [6.45, 7) is 1.74. The van der Waals surface area contributed by atoms with Crippen LogP contribution in [-0.2, 0) is 12.8 Å². The molecule has 1 fully saturated rings. The molecular formula is C16H23N3O2. The van der Waals surface area contributed by atoms with Gasteiger partial charge in [-0.3, -0.25) is 0 Å². The lowest BCUT2D eigenvalue weighted by Gasteiger charge is -2.24. The number of rotatable bonds is 3. The molecule has 1 aromatic heterocycles. The number of hydrogen-bond acceptors (Lipinski definition) is 4. The Morgan fingerprint density at radius 2 is 2.14 bits per heavy atom. The highest BCUT2D eigenvalue weighted by atomic mass is 16.4. The van der Waals surface area contributed by atoms with Crippen LogP contribution in [0.15, 0.2) is 6.07 Å². The Hall–Kier alpha value is -1.62. The van der Waals surface area contributed by atoms with Crippen LogP contribution >= 0.6 is 0 Å². The van der Waals surface area contributed by atoms with Crippen molar-refractivity contribution in [3.63, 3.8) is 0 Å². The van der Waals surface area contributed by atoms with Crippen LogP contribution in [0.1, 0.15) is 40.9 Å². The number of aromatic carboxylic acids is 1. The Bertz CT molecular complexity index is 557. The molecule has 2 aliphatic rings. The van der Waals surface area contributed by atoms with Crippen LogP contribution < -0.4 is 4.90 Å². The lowest BCUT2D eigenvalue weighted by atomic mass is 9.94. The van der Waals surface area contributed by atoms with E-state index in [2.05, 4.69) is 23.9 Å². The normalized spacial score (nSPS) is 21.7. The van der Waals surface area contributed by atoms with Gasteiger partial charge in [0.25, 0.3) is 0 Å². The van der Waals surface area contributed by atoms with Gasteiger partial charge in [-0.2, -0.15) is 0 Å². The van der Waals surface area contributed by atoms with E-state index in [0.29, 0.717) is 17.4 Å². The van der Waals surface area contributed by atoms with Gasteiger partial charge in [0, 0.05) is 24.8 Å². The van der Waals surface area contributed by atoms with Crippen LogP contribution in [0.2, 0.25) is 0 Å². The highest BCUT2D eigenvalue weighted by molar-refractivity contribution is 5.93. The second-order valence-corrected chi connectivity index (χ2v) is 6.33. The van der Waals surface area contributed by atoms with E-state index in [4.69, 9.17) is 4.98 Å². The van der Waals surface area contributed by atoms with E-state index in [-0.39, 0.29) is 0 Å². The Morgan fingerprint density at radius 1 is 1.38 bits per heavy atom. The number of aryl methyl sites for hydroxylation is 2. The lowest BCUT2D eigenvalue weighted by Crippen LogP contribution is -2.32. The van der Waals surface area contributed by atoms with Gasteiger partial charge >= 0.3 is 5.97 Å². The molecule has 0 saturated carbocycles. The minimum atomic E-state index is -0.862. The number of anilines is 1. The summed E-state index contributed by atoms with van der Waals surface area (Å²) in [5.41, 5.74) is 2.61. The van der Waals surface area contributed by atoms with Crippen LogP contribution in [-0.4, -0.2) is 54.2 Å². The molecule has 1 aromatic rings. The molecule has 1 N–H and O–H groups in total. The molecule has 0 amide bonds. The third-order valence-electron chi connectivity index (χ3n) is 4.70. The van der Waals surface area contributed by atoms with Crippen LogP contribution in [0.25, 0.3) is 0 Å². The van der Waals surface area contributed by atoms with Crippen LogP contribution in [0, 0.1) is 0 Å². The van der Waals surface area contributed by atoms with E-state index >= 15 is 0 Å². The zero-order valence-electron chi connectivity index (χ0n) is 12.8. The Labute approximate surface area is 125 Å². The smallest absolute Gasteiger partial charge is 0.339 e. The molecule has 1 saturated heterocycles. The number of carboxylic acid groups (broad SMARTS) is 1. The van der Waals surface area contributed by atoms with Gasteiger partial charge in [0.05, 0.1) is 0 Å². The first-order valence-electron chi connectivity index (χ1n) is 7.73. The number of carboxylic acids is 1. The fourth-order valence-corrected chi connectivity index (χ4v) is 3.38. The monoisotopic (exact) mass is 289 g/mol. The van der Waals surface area contributed by atoms with Gasteiger partial charge in [0.2, 0.25) is 0 Å². The van der Waals surface area contributed by atoms with Crippen LogP contribution in [0.3, 0.4) is 0 Å². The molecule has 5 heteroatoms.